The molecule has 1 fully saturated rings. The van der Waals surface area contributed by atoms with Crippen LogP contribution in [0.1, 0.15) is 12.8 Å². The lowest BCUT2D eigenvalue weighted by atomic mass is 10.1. The van der Waals surface area contributed by atoms with Crippen molar-refractivity contribution in [3.63, 3.8) is 0 Å². The third-order valence-corrected chi connectivity index (χ3v) is 3.40. The Balaban J connectivity index is 2.16. The van der Waals surface area contributed by atoms with Gasteiger partial charge in [-0.3, -0.25) is 4.79 Å². The number of benzene rings is 1. The molecule has 3 N–H and O–H groups in total. The van der Waals surface area contributed by atoms with Crippen LogP contribution in [0.5, 0.6) is 5.75 Å². The van der Waals surface area contributed by atoms with Gasteiger partial charge in [-0.1, -0.05) is 24.4 Å². The molecule has 0 unspecified atom stereocenters. The molecular weight excluding hydrogens is 236 g/mol. The second kappa shape index (κ2) is 4.33. The molecule has 0 aliphatic heterocycles. The van der Waals surface area contributed by atoms with Gasteiger partial charge < -0.3 is 15.8 Å². The molecule has 5 heteroatoms. The van der Waals surface area contributed by atoms with Gasteiger partial charge in [-0.2, -0.15) is 0 Å². The maximum absolute atomic E-state index is 12.1. The summed E-state index contributed by atoms with van der Waals surface area (Å²) < 4.78 is 5.16. The summed E-state index contributed by atoms with van der Waals surface area (Å²) in [5, 5.41) is 2.81. The number of hydrogen-bond acceptors (Lipinski definition) is 3. The Hall–Kier alpha value is -1.62. The van der Waals surface area contributed by atoms with Crippen molar-refractivity contribution in [2.24, 2.45) is 11.1 Å². The van der Waals surface area contributed by atoms with E-state index in [0.717, 1.165) is 12.8 Å². The van der Waals surface area contributed by atoms with E-state index in [9.17, 15) is 4.79 Å². The molecule has 0 saturated heterocycles. The van der Waals surface area contributed by atoms with Crippen LogP contribution in [0.4, 0.5) is 5.69 Å². The number of hydrogen-bond donors (Lipinski definition) is 2. The highest BCUT2D eigenvalue weighted by Crippen LogP contribution is 2.47. The Morgan fingerprint density at radius 2 is 2.12 bits per heavy atom. The van der Waals surface area contributed by atoms with Crippen molar-refractivity contribution >= 4 is 28.8 Å². The second-order valence-electron chi connectivity index (χ2n) is 4.10. The molecule has 0 heterocycles. The van der Waals surface area contributed by atoms with Gasteiger partial charge in [-0.15, -0.1) is 0 Å². The Kier molecular flexibility index (Phi) is 3.02. The summed E-state index contributed by atoms with van der Waals surface area (Å²) in [5.41, 5.74) is 5.60. The van der Waals surface area contributed by atoms with Gasteiger partial charge in [0.05, 0.1) is 23.2 Å². The Morgan fingerprint density at radius 3 is 2.65 bits per heavy atom. The third-order valence-electron chi connectivity index (χ3n) is 3.01. The molecule has 90 valence electrons. The molecule has 0 aromatic heterocycles. The number of para-hydroxylation sites is 2. The summed E-state index contributed by atoms with van der Waals surface area (Å²) in [7, 11) is 1.56. The zero-order valence-corrected chi connectivity index (χ0v) is 10.3. The van der Waals surface area contributed by atoms with Crippen LogP contribution in [-0.2, 0) is 4.79 Å². The minimum absolute atomic E-state index is 0.144. The van der Waals surface area contributed by atoms with Gasteiger partial charge in [0.1, 0.15) is 5.75 Å². The highest BCUT2D eigenvalue weighted by Gasteiger charge is 2.52. The predicted molar refractivity (Wildman–Crippen MR) is 70.1 cm³/mol. The number of rotatable bonds is 4. The van der Waals surface area contributed by atoms with E-state index in [2.05, 4.69) is 5.32 Å². The van der Waals surface area contributed by atoms with Crippen molar-refractivity contribution in [1.29, 1.82) is 0 Å². The predicted octanol–water partition coefficient (Wildman–Crippen LogP) is 1.70. The molecule has 17 heavy (non-hydrogen) atoms. The number of nitrogens with two attached hydrogens (primary N) is 1. The van der Waals surface area contributed by atoms with E-state index in [4.69, 9.17) is 22.7 Å². The molecule has 1 aliphatic rings. The van der Waals surface area contributed by atoms with Gasteiger partial charge in [0, 0.05) is 0 Å². The maximum Gasteiger partial charge on any atom is 0.237 e. The SMILES string of the molecule is COc1ccccc1NC(=O)C1(C(N)=S)CC1. The van der Waals surface area contributed by atoms with Gasteiger partial charge >= 0.3 is 0 Å². The molecule has 1 saturated carbocycles. The fraction of sp³-hybridized carbons (Fsp3) is 0.333. The summed E-state index contributed by atoms with van der Waals surface area (Å²) in [6.45, 7) is 0. The second-order valence-corrected chi connectivity index (χ2v) is 4.54. The molecule has 0 spiro atoms. The summed E-state index contributed by atoms with van der Waals surface area (Å²) in [6.07, 6.45) is 1.45. The quantitative estimate of drug-likeness (QED) is 0.798. The van der Waals surface area contributed by atoms with Crippen molar-refractivity contribution in [3.8, 4) is 5.75 Å². The lowest BCUT2D eigenvalue weighted by Crippen LogP contribution is -2.35. The van der Waals surface area contributed by atoms with E-state index in [1.807, 2.05) is 12.1 Å². The molecule has 0 radical (unpaired) electrons. The van der Waals surface area contributed by atoms with Crippen molar-refractivity contribution in [2.45, 2.75) is 12.8 Å². The molecule has 4 nitrogen and oxygen atoms in total. The molecule has 0 atom stereocenters. The highest BCUT2D eigenvalue weighted by atomic mass is 32.1. The van der Waals surface area contributed by atoms with Gasteiger partial charge in [0.2, 0.25) is 5.91 Å². The normalized spacial score (nSPS) is 16.1. The summed E-state index contributed by atoms with van der Waals surface area (Å²) >= 11 is 4.93. The summed E-state index contributed by atoms with van der Waals surface area (Å²) in [6, 6.07) is 7.25. The van der Waals surface area contributed by atoms with Crippen molar-refractivity contribution in [2.75, 3.05) is 12.4 Å². The van der Waals surface area contributed by atoms with E-state index in [-0.39, 0.29) is 10.9 Å². The molecule has 1 aromatic carbocycles. The van der Waals surface area contributed by atoms with Gasteiger partial charge in [0.15, 0.2) is 0 Å². The Labute approximate surface area is 105 Å². The number of ether oxygens (including phenoxy) is 1. The monoisotopic (exact) mass is 250 g/mol. The topological polar surface area (TPSA) is 64.3 Å². The average Bonchev–Trinajstić information content (AvgIpc) is 3.10. The molecule has 0 bridgehead atoms. The molecule has 1 aromatic rings. The van der Waals surface area contributed by atoms with Crippen LogP contribution in [0, 0.1) is 5.41 Å². The van der Waals surface area contributed by atoms with Gasteiger partial charge in [-0.05, 0) is 25.0 Å². The fourth-order valence-electron chi connectivity index (χ4n) is 1.70. The van der Waals surface area contributed by atoms with Crippen molar-refractivity contribution in [1.82, 2.24) is 0 Å². The first-order valence-electron chi connectivity index (χ1n) is 5.34. The number of nitrogens with one attached hydrogen (secondary N) is 1. The number of carbonyl (C=O) groups excluding carboxylic acids is 1. The number of amides is 1. The number of methoxy groups -OCH3 is 1. The first-order valence-corrected chi connectivity index (χ1v) is 5.75. The summed E-state index contributed by atoms with van der Waals surface area (Å²) in [5.74, 6) is 0.481. The minimum Gasteiger partial charge on any atom is -0.495 e. The number of anilines is 1. The van der Waals surface area contributed by atoms with Crippen LogP contribution in [0.2, 0.25) is 0 Å². The van der Waals surface area contributed by atoms with Crippen LogP contribution in [-0.4, -0.2) is 18.0 Å². The largest absolute Gasteiger partial charge is 0.495 e. The lowest BCUT2D eigenvalue weighted by molar-refractivity contribution is -0.118. The summed E-state index contributed by atoms with van der Waals surface area (Å²) in [4.78, 5) is 12.3. The van der Waals surface area contributed by atoms with E-state index in [1.165, 1.54) is 0 Å². The van der Waals surface area contributed by atoms with Crippen LogP contribution in [0.15, 0.2) is 24.3 Å². The molecular formula is C12H14N2O2S. The zero-order valence-electron chi connectivity index (χ0n) is 9.53. The van der Waals surface area contributed by atoms with E-state index < -0.39 is 5.41 Å². The van der Waals surface area contributed by atoms with Gasteiger partial charge in [0.25, 0.3) is 0 Å². The smallest absolute Gasteiger partial charge is 0.237 e. The Bertz CT molecular complexity index is 469. The first kappa shape index (κ1) is 11.9. The van der Waals surface area contributed by atoms with Crippen molar-refractivity contribution < 1.29 is 9.53 Å². The standard InChI is InChI=1S/C12H14N2O2S/c1-16-9-5-3-2-4-8(9)14-11(15)12(6-7-12)10(13)17/h2-5H,6-7H2,1H3,(H2,13,17)(H,14,15). The molecule has 1 aliphatic carbocycles. The van der Waals surface area contributed by atoms with Crippen LogP contribution >= 0.6 is 12.2 Å². The van der Waals surface area contributed by atoms with E-state index >= 15 is 0 Å². The highest BCUT2D eigenvalue weighted by molar-refractivity contribution is 7.80. The van der Waals surface area contributed by atoms with Gasteiger partial charge in [-0.25, -0.2) is 0 Å². The lowest BCUT2D eigenvalue weighted by Gasteiger charge is -2.15. The van der Waals surface area contributed by atoms with E-state index in [1.54, 1.807) is 19.2 Å². The fourth-order valence-corrected chi connectivity index (χ4v) is 2.00. The zero-order chi connectivity index (χ0) is 12.5. The maximum atomic E-state index is 12.1. The average molecular weight is 250 g/mol. The van der Waals surface area contributed by atoms with Crippen LogP contribution < -0.4 is 15.8 Å². The van der Waals surface area contributed by atoms with E-state index in [0.29, 0.717) is 11.4 Å². The molecule has 1 amide bonds. The third kappa shape index (κ3) is 2.10. The van der Waals surface area contributed by atoms with Crippen LogP contribution in [0.3, 0.4) is 0 Å². The van der Waals surface area contributed by atoms with Crippen molar-refractivity contribution in [3.05, 3.63) is 24.3 Å². The van der Waals surface area contributed by atoms with Crippen LogP contribution in [0.25, 0.3) is 0 Å². The number of thiocarbonyl (C=S) groups is 1. The Morgan fingerprint density at radius 1 is 1.47 bits per heavy atom. The molecule has 2 rings (SSSR count). The first-order chi connectivity index (χ1) is 8.10. The minimum atomic E-state index is -0.643. The number of carbonyl (C=O) groups is 1.